The smallest absolute Gasteiger partial charge is 0.324 e. The Morgan fingerprint density at radius 1 is 1.48 bits per heavy atom. The van der Waals surface area contributed by atoms with Crippen LogP contribution in [0.15, 0.2) is 23.3 Å². The van der Waals surface area contributed by atoms with Crippen LogP contribution in [0.25, 0.3) is 0 Å². The van der Waals surface area contributed by atoms with Gasteiger partial charge < -0.3 is 20.9 Å². The third kappa shape index (κ3) is 5.17. The van der Waals surface area contributed by atoms with Gasteiger partial charge in [-0.25, -0.2) is 14.2 Å². The van der Waals surface area contributed by atoms with E-state index in [1.165, 1.54) is 11.0 Å². The molecule has 0 bridgehead atoms. The van der Waals surface area contributed by atoms with Gasteiger partial charge >= 0.3 is 6.03 Å². The molecule has 1 aromatic heterocycles. The van der Waals surface area contributed by atoms with Gasteiger partial charge in [0.05, 0.1) is 6.54 Å². The molecule has 0 radical (unpaired) electrons. The normalized spacial score (nSPS) is 19.8. The number of anilines is 1. The maximum atomic E-state index is 13.8. The monoisotopic (exact) mass is 491 g/mol. The van der Waals surface area contributed by atoms with E-state index in [-0.39, 0.29) is 60.9 Å². The SMILES string of the molecule is CN=C(NCCN1C(=O)CNC1=O)NC1CCN(c2ncccc2F)C1.I. The standard InChI is InChI=1S/C16H22FN7O2.HI/c1-18-15(20-6-8-24-13(25)9-21-16(24)26)22-11-4-7-23(10-11)14-12(17)3-2-5-19-14;/h2-3,5,11H,4,6-10H2,1H3,(H,21,26)(H2,18,20,22);1H. The number of nitrogens with zero attached hydrogens (tertiary/aromatic N) is 4. The summed E-state index contributed by atoms with van der Waals surface area (Å²) < 4.78 is 13.8. The maximum absolute atomic E-state index is 13.8. The van der Waals surface area contributed by atoms with Crippen LogP contribution < -0.4 is 20.9 Å². The number of guanidine groups is 1. The molecule has 1 atom stereocenters. The number of amides is 3. The van der Waals surface area contributed by atoms with E-state index in [9.17, 15) is 14.0 Å². The van der Waals surface area contributed by atoms with Crippen LogP contribution in [-0.4, -0.2) is 73.6 Å². The van der Waals surface area contributed by atoms with E-state index in [2.05, 4.69) is 25.9 Å². The fourth-order valence-electron chi connectivity index (χ4n) is 3.04. The second kappa shape index (κ2) is 9.67. The van der Waals surface area contributed by atoms with Crippen LogP contribution in [0.4, 0.5) is 15.0 Å². The largest absolute Gasteiger partial charge is 0.355 e. The Bertz CT molecular complexity index is 702. The lowest BCUT2D eigenvalue weighted by Gasteiger charge is -2.20. The van der Waals surface area contributed by atoms with Crippen LogP contribution in [0.2, 0.25) is 0 Å². The summed E-state index contributed by atoms with van der Waals surface area (Å²) in [5.41, 5.74) is 0. The van der Waals surface area contributed by atoms with Crippen LogP contribution in [0.5, 0.6) is 0 Å². The molecule has 3 rings (SSSR count). The van der Waals surface area contributed by atoms with E-state index in [4.69, 9.17) is 0 Å². The molecule has 3 amide bonds. The molecular formula is C16H23FIN7O2. The van der Waals surface area contributed by atoms with Crippen molar-refractivity contribution in [2.24, 2.45) is 4.99 Å². The summed E-state index contributed by atoms with van der Waals surface area (Å²) in [4.78, 5) is 34.3. The number of imide groups is 1. The number of nitrogens with one attached hydrogen (secondary N) is 3. The summed E-state index contributed by atoms with van der Waals surface area (Å²) in [6, 6.07) is 2.70. The molecule has 2 fully saturated rings. The number of halogens is 2. The van der Waals surface area contributed by atoms with Gasteiger partial charge in [0.25, 0.3) is 0 Å². The molecule has 0 spiro atoms. The molecule has 1 aromatic rings. The molecule has 9 nitrogen and oxygen atoms in total. The summed E-state index contributed by atoms with van der Waals surface area (Å²) in [7, 11) is 1.65. The Morgan fingerprint density at radius 3 is 2.96 bits per heavy atom. The van der Waals surface area contributed by atoms with Crippen molar-refractivity contribution in [2.75, 3.05) is 44.7 Å². The average molecular weight is 491 g/mol. The Kier molecular flexibility index (Phi) is 7.56. The number of hydrogen-bond donors (Lipinski definition) is 3. The fourth-order valence-corrected chi connectivity index (χ4v) is 3.04. The zero-order valence-electron chi connectivity index (χ0n) is 14.9. The first kappa shape index (κ1) is 21.1. The van der Waals surface area contributed by atoms with Crippen molar-refractivity contribution < 1.29 is 14.0 Å². The molecule has 3 heterocycles. The van der Waals surface area contributed by atoms with E-state index < -0.39 is 0 Å². The van der Waals surface area contributed by atoms with Crippen molar-refractivity contribution in [3.8, 4) is 0 Å². The van der Waals surface area contributed by atoms with Gasteiger partial charge in [-0.05, 0) is 18.6 Å². The van der Waals surface area contributed by atoms with Crippen molar-refractivity contribution in [3.05, 3.63) is 24.1 Å². The number of urea groups is 1. The minimum absolute atomic E-state index is 0. The van der Waals surface area contributed by atoms with Gasteiger partial charge in [0.15, 0.2) is 17.6 Å². The highest BCUT2D eigenvalue weighted by Crippen LogP contribution is 2.20. The lowest BCUT2D eigenvalue weighted by Crippen LogP contribution is -2.47. The minimum atomic E-state index is -0.372. The predicted molar refractivity (Wildman–Crippen MR) is 110 cm³/mol. The van der Waals surface area contributed by atoms with Crippen LogP contribution in [0.1, 0.15) is 6.42 Å². The Labute approximate surface area is 173 Å². The number of pyridine rings is 1. The first-order chi connectivity index (χ1) is 12.6. The van der Waals surface area contributed by atoms with E-state index in [0.29, 0.717) is 31.4 Å². The highest BCUT2D eigenvalue weighted by atomic mass is 127. The van der Waals surface area contributed by atoms with Crippen molar-refractivity contribution in [1.29, 1.82) is 0 Å². The second-order valence-electron chi connectivity index (χ2n) is 6.09. The average Bonchev–Trinajstić information content (AvgIpc) is 3.22. The highest BCUT2D eigenvalue weighted by molar-refractivity contribution is 14.0. The van der Waals surface area contributed by atoms with Gasteiger partial charge in [-0.2, -0.15) is 0 Å². The summed E-state index contributed by atoms with van der Waals surface area (Å²) in [5.74, 6) is 0.372. The van der Waals surface area contributed by atoms with E-state index in [1.807, 2.05) is 4.90 Å². The molecule has 27 heavy (non-hydrogen) atoms. The second-order valence-corrected chi connectivity index (χ2v) is 6.09. The number of carbonyl (C=O) groups excluding carboxylic acids is 2. The molecular weight excluding hydrogens is 468 g/mol. The van der Waals surface area contributed by atoms with Crippen LogP contribution >= 0.6 is 24.0 Å². The fraction of sp³-hybridized carbons (Fsp3) is 0.500. The van der Waals surface area contributed by atoms with Gasteiger partial charge in [0, 0.05) is 45.5 Å². The molecule has 148 valence electrons. The van der Waals surface area contributed by atoms with Crippen molar-refractivity contribution in [1.82, 2.24) is 25.8 Å². The Morgan fingerprint density at radius 2 is 2.30 bits per heavy atom. The van der Waals surface area contributed by atoms with Crippen molar-refractivity contribution in [3.63, 3.8) is 0 Å². The number of rotatable bonds is 5. The molecule has 11 heteroatoms. The summed E-state index contributed by atoms with van der Waals surface area (Å²) in [5, 5.41) is 8.84. The zero-order chi connectivity index (χ0) is 18.5. The van der Waals surface area contributed by atoms with Crippen LogP contribution in [-0.2, 0) is 4.79 Å². The lowest BCUT2D eigenvalue weighted by atomic mass is 10.3. The van der Waals surface area contributed by atoms with Crippen molar-refractivity contribution in [2.45, 2.75) is 12.5 Å². The maximum Gasteiger partial charge on any atom is 0.324 e. The number of carbonyl (C=O) groups is 2. The first-order valence-corrected chi connectivity index (χ1v) is 8.49. The van der Waals surface area contributed by atoms with Crippen molar-refractivity contribution >= 4 is 47.7 Å². The molecule has 2 saturated heterocycles. The number of hydrogen-bond acceptors (Lipinski definition) is 5. The van der Waals surface area contributed by atoms with Gasteiger partial charge in [-0.3, -0.25) is 14.7 Å². The topological polar surface area (TPSA) is 102 Å². The third-order valence-corrected chi connectivity index (χ3v) is 4.36. The van der Waals surface area contributed by atoms with Gasteiger partial charge in [-0.1, -0.05) is 0 Å². The van der Waals surface area contributed by atoms with E-state index >= 15 is 0 Å². The first-order valence-electron chi connectivity index (χ1n) is 8.49. The summed E-state index contributed by atoms with van der Waals surface area (Å²) in [6.07, 6.45) is 2.40. The summed E-state index contributed by atoms with van der Waals surface area (Å²) in [6.45, 7) is 2.02. The number of aromatic nitrogens is 1. The molecule has 3 N–H and O–H groups in total. The van der Waals surface area contributed by atoms with Crippen LogP contribution in [0.3, 0.4) is 0 Å². The van der Waals surface area contributed by atoms with E-state index in [0.717, 1.165) is 6.42 Å². The van der Waals surface area contributed by atoms with Gasteiger partial charge in [-0.15, -0.1) is 24.0 Å². The molecule has 0 aliphatic carbocycles. The summed E-state index contributed by atoms with van der Waals surface area (Å²) >= 11 is 0. The van der Waals surface area contributed by atoms with Gasteiger partial charge in [0.1, 0.15) is 0 Å². The van der Waals surface area contributed by atoms with Crippen LogP contribution in [0, 0.1) is 5.82 Å². The third-order valence-electron chi connectivity index (χ3n) is 4.36. The lowest BCUT2D eigenvalue weighted by molar-refractivity contribution is -0.124. The molecule has 2 aliphatic heterocycles. The van der Waals surface area contributed by atoms with E-state index in [1.54, 1.807) is 19.3 Å². The predicted octanol–water partition coefficient (Wildman–Crippen LogP) is 0.134. The minimum Gasteiger partial charge on any atom is -0.355 e. The molecule has 0 saturated carbocycles. The zero-order valence-corrected chi connectivity index (χ0v) is 17.3. The number of aliphatic imine (C=N–C) groups is 1. The quantitative estimate of drug-likeness (QED) is 0.235. The highest BCUT2D eigenvalue weighted by Gasteiger charge is 2.28. The molecule has 2 aliphatic rings. The Balaban J connectivity index is 0.00000261. The molecule has 1 unspecified atom stereocenters. The van der Waals surface area contributed by atoms with Gasteiger partial charge in [0.2, 0.25) is 5.91 Å². The Hall–Kier alpha value is -2.18. The molecule has 0 aromatic carbocycles.